The molecule has 0 aromatic carbocycles. The topological polar surface area (TPSA) is 32.3 Å². The molecule has 2 aromatic rings. The second-order valence-electron chi connectivity index (χ2n) is 7.84. The Kier molecular flexibility index (Phi) is 3.95. The summed E-state index contributed by atoms with van der Waals surface area (Å²) in [6, 6.07) is 1.61. The molecule has 4 rings (SSSR count). The number of rotatable bonds is 4. The monoisotopic (exact) mass is 370 g/mol. The van der Waals surface area contributed by atoms with E-state index in [1.54, 1.807) is 6.07 Å². The summed E-state index contributed by atoms with van der Waals surface area (Å²) in [6.45, 7) is 9.66. The van der Waals surface area contributed by atoms with Crippen LogP contribution < -0.4 is 4.90 Å². The molecule has 0 saturated carbocycles. The normalized spacial score (nSPS) is 20.3. The van der Waals surface area contributed by atoms with E-state index in [1.807, 2.05) is 0 Å². The average molecular weight is 370 g/mol. The molecule has 2 saturated heterocycles. The van der Waals surface area contributed by atoms with Crippen LogP contribution in [0.2, 0.25) is 0 Å². The van der Waals surface area contributed by atoms with E-state index in [4.69, 9.17) is 0 Å². The molecule has 2 aliphatic rings. The van der Waals surface area contributed by atoms with Crippen LogP contribution in [-0.4, -0.2) is 53.8 Å². The van der Waals surface area contributed by atoms with Crippen LogP contribution in [0.3, 0.4) is 0 Å². The van der Waals surface area contributed by atoms with Crippen molar-refractivity contribution in [2.75, 3.05) is 37.6 Å². The molecule has 1 spiro atoms. The molecular weight excluding hydrogens is 349 g/mol. The Labute approximate surface area is 148 Å². The van der Waals surface area contributed by atoms with Crippen molar-refractivity contribution in [1.29, 1.82) is 0 Å². The number of halogens is 3. The van der Waals surface area contributed by atoms with E-state index in [1.165, 1.54) is 6.33 Å². The summed E-state index contributed by atoms with van der Waals surface area (Å²) in [6.07, 6.45) is -3.63. The molecule has 25 heavy (non-hydrogen) atoms. The molecule has 4 heterocycles. The molecule has 0 bridgehead atoms. The van der Waals surface area contributed by atoms with Gasteiger partial charge in [-0.05, 0) is 12.0 Å². The zero-order chi connectivity index (χ0) is 17.8. The Hall–Kier alpha value is -1.41. The van der Waals surface area contributed by atoms with Crippen LogP contribution in [-0.2, 0) is 6.42 Å². The fourth-order valence-corrected chi connectivity index (χ4v) is 5.11. The van der Waals surface area contributed by atoms with Crippen LogP contribution in [0, 0.1) is 11.3 Å². The van der Waals surface area contributed by atoms with E-state index in [9.17, 15) is 13.2 Å². The summed E-state index contributed by atoms with van der Waals surface area (Å²) in [5.74, 6) is 1.45. The van der Waals surface area contributed by atoms with Crippen LogP contribution >= 0.6 is 11.3 Å². The van der Waals surface area contributed by atoms with Gasteiger partial charge < -0.3 is 9.80 Å². The zero-order valence-electron chi connectivity index (χ0n) is 14.3. The smallest absolute Gasteiger partial charge is 0.355 e. The lowest BCUT2D eigenvalue weighted by Crippen LogP contribution is -2.72. The average Bonchev–Trinajstić information content (AvgIpc) is 2.79. The van der Waals surface area contributed by atoms with Gasteiger partial charge in [-0.3, -0.25) is 0 Å². The van der Waals surface area contributed by atoms with Gasteiger partial charge in [-0.2, -0.15) is 13.2 Å². The predicted octanol–water partition coefficient (Wildman–Crippen LogP) is 3.57. The first kappa shape index (κ1) is 17.0. The maximum absolute atomic E-state index is 12.6. The number of hydrogen-bond donors (Lipinski definition) is 0. The van der Waals surface area contributed by atoms with Crippen molar-refractivity contribution >= 4 is 27.4 Å². The van der Waals surface area contributed by atoms with Crippen LogP contribution in [0.5, 0.6) is 0 Å². The number of anilines is 1. The van der Waals surface area contributed by atoms with Gasteiger partial charge in [-0.25, -0.2) is 9.97 Å². The lowest BCUT2D eigenvalue weighted by atomic mass is 9.72. The SMILES string of the molecule is CC(C)CN1CC2(C1)CN(c1ncnc3sc(CC(F)(F)F)cc13)C2. The minimum atomic E-state index is -4.19. The summed E-state index contributed by atoms with van der Waals surface area (Å²) in [7, 11) is 0. The highest BCUT2D eigenvalue weighted by Crippen LogP contribution is 2.44. The van der Waals surface area contributed by atoms with Gasteiger partial charge in [0.15, 0.2) is 0 Å². The highest BCUT2D eigenvalue weighted by Gasteiger charge is 2.52. The van der Waals surface area contributed by atoms with Gasteiger partial charge in [0.25, 0.3) is 0 Å². The molecule has 0 N–H and O–H groups in total. The number of nitrogens with zero attached hydrogens (tertiary/aromatic N) is 4. The molecule has 8 heteroatoms. The van der Waals surface area contributed by atoms with Crippen LogP contribution in [0.4, 0.5) is 19.0 Å². The summed E-state index contributed by atoms with van der Waals surface area (Å²) in [4.78, 5) is 14.1. The Morgan fingerprint density at radius 2 is 1.92 bits per heavy atom. The molecule has 2 fully saturated rings. The number of likely N-dealkylation sites (tertiary alicyclic amines) is 1. The Bertz CT molecular complexity index is 772. The fourth-order valence-electron chi connectivity index (χ4n) is 4.09. The first-order valence-corrected chi connectivity index (χ1v) is 9.32. The van der Waals surface area contributed by atoms with E-state index >= 15 is 0 Å². The van der Waals surface area contributed by atoms with Crippen molar-refractivity contribution in [3.63, 3.8) is 0 Å². The minimum Gasteiger partial charge on any atom is -0.355 e. The quantitative estimate of drug-likeness (QED) is 0.824. The molecule has 4 nitrogen and oxygen atoms in total. The van der Waals surface area contributed by atoms with Crippen LogP contribution in [0.15, 0.2) is 12.4 Å². The highest BCUT2D eigenvalue weighted by atomic mass is 32.1. The third-order valence-electron chi connectivity index (χ3n) is 4.83. The van der Waals surface area contributed by atoms with Gasteiger partial charge in [0.1, 0.15) is 17.0 Å². The largest absolute Gasteiger partial charge is 0.393 e. The number of fused-ring (bicyclic) bond motifs is 1. The molecule has 0 amide bonds. The van der Waals surface area contributed by atoms with Gasteiger partial charge >= 0.3 is 6.18 Å². The van der Waals surface area contributed by atoms with Crippen molar-refractivity contribution in [1.82, 2.24) is 14.9 Å². The lowest BCUT2D eigenvalue weighted by molar-refractivity contribution is -0.126. The minimum absolute atomic E-state index is 0.297. The molecule has 0 atom stereocenters. The van der Waals surface area contributed by atoms with Crippen molar-refractivity contribution in [3.05, 3.63) is 17.3 Å². The molecular formula is C17H21F3N4S. The van der Waals surface area contributed by atoms with Gasteiger partial charge in [0.2, 0.25) is 0 Å². The van der Waals surface area contributed by atoms with Crippen molar-refractivity contribution in [3.8, 4) is 0 Å². The summed E-state index contributed by atoms with van der Waals surface area (Å²) < 4.78 is 37.9. The summed E-state index contributed by atoms with van der Waals surface area (Å²) >= 11 is 1.11. The lowest BCUT2D eigenvalue weighted by Gasteiger charge is -2.61. The Balaban J connectivity index is 1.46. The van der Waals surface area contributed by atoms with Gasteiger partial charge in [0.05, 0.1) is 11.8 Å². The van der Waals surface area contributed by atoms with E-state index in [0.29, 0.717) is 21.0 Å². The number of hydrogen-bond acceptors (Lipinski definition) is 5. The van der Waals surface area contributed by atoms with Crippen LogP contribution in [0.25, 0.3) is 10.2 Å². The second-order valence-corrected chi connectivity index (χ2v) is 8.96. The zero-order valence-corrected chi connectivity index (χ0v) is 15.1. The number of alkyl halides is 3. The Morgan fingerprint density at radius 1 is 1.20 bits per heavy atom. The predicted molar refractivity (Wildman–Crippen MR) is 93.1 cm³/mol. The molecule has 2 aromatic heterocycles. The maximum Gasteiger partial charge on any atom is 0.393 e. The van der Waals surface area contributed by atoms with Crippen molar-refractivity contribution in [2.45, 2.75) is 26.4 Å². The van der Waals surface area contributed by atoms with Crippen LogP contribution in [0.1, 0.15) is 18.7 Å². The van der Waals surface area contributed by atoms with E-state index < -0.39 is 12.6 Å². The molecule has 0 aliphatic carbocycles. The third-order valence-corrected chi connectivity index (χ3v) is 5.87. The van der Waals surface area contributed by atoms with Crippen molar-refractivity contribution in [2.24, 2.45) is 11.3 Å². The van der Waals surface area contributed by atoms with Crippen molar-refractivity contribution < 1.29 is 13.2 Å². The standard InChI is InChI=1S/C17H21F3N4S/c1-11(2)5-23-6-16(7-23)8-24(9-16)14-13-3-12(4-17(18,19)20)25-15(13)22-10-21-14/h3,10-11H,4-9H2,1-2H3. The fraction of sp³-hybridized carbons (Fsp3) is 0.647. The molecule has 2 aliphatic heterocycles. The highest BCUT2D eigenvalue weighted by molar-refractivity contribution is 7.18. The first-order chi connectivity index (χ1) is 11.7. The molecule has 136 valence electrons. The number of aromatic nitrogens is 2. The number of thiophene rings is 1. The molecule has 0 radical (unpaired) electrons. The van der Waals surface area contributed by atoms with E-state index in [0.717, 1.165) is 55.3 Å². The van der Waals surface area contributed by atoms with E-state index in [2.05, 4.69) is 33.6 Å². The first-order valence-electron chi connectivity index (χ1n) is 8.51. The van der Waals surface area contributed by atoms with Gasteiger partial charge in [-0.15, -0.1) is 11.3 Å². The maximum atomic E-state index is 12.6. The third kappa shape index (κ3) is 3.33. The molecule has 0 unspecified atom stereocenters. The Morgan fingerprint density at radius 3 is 2.56 bits per heavy atom. The van der Waals surface area contributed by atoms with Gasteiger partial charge in [0, 0.05) is 43.0 Å². The van der Waals surface area contributed by atoms with Gasteiger partial charge in [-0.1, -0.05) is 13.8 Å². The second kappa shape index (κ2) is 5.81. The van der Waals surface area contributed by atoms with E-state index in [-0.39, 0.29) is 0 Å². The summed E-state index contributed by atoms with van der Waals surface area (Å²) in [5, 5.41) is 0.750. The summed E-state index contributed by atoms with van der Waals surface area (Å²) in [5.41, 5.74) is 0.344.